The summed E-state index contributed by atoms with van der Waals surface area (Å²) in [7, 11) is -3.48. The first-order valence-corrected chi connectivity index (χ1v) is 8.95. The second kappa shape index (κ2) is 6.43. The van der Waals surface area contributed by atoms with Crippen molar-refractivity contribution in [3.05, 3.63) is 60.2 Å². The molecule has 0 saturated heterocycles. The lowest BCUT2D eigenvalue weighted by Gasteiger charge is -2.15. The average molecular weight is 307 g/mol. The summed E-state index contributed by atoms with van der Waals surface area (Å²) in [5, 5.41) is 0. The van der Waals surface area contributed by atoms with Gasteiger partial charge in [0, 0.05) is 10.9 Å². The van der Waals surface area contributed by atoms with Crippen molar-refractivity contribution < 1.29 is 8.42 Å². The van der Waals surface area contributed by atoms with Crippen LogP contribution in [-0.4, -0.2) is 14.7 Å². The first-order valence-electron chi connectivity index (χ1n) is 6.24. The molecule has 0 spiro atoms. The van der Waals surface area contributed by atoms with Crippen LogP contribution in [0.1, 0.15) is 18.5 Å². The molecule has 0 aromatic heterocycles. The van der Waals surface area contributed by atoms with Crippen molar-refractivity contribution in [2.75, 3.05) is 6.26 Å². The molecular formula is C15H17NO2S2. The van der Waals surface area contributed by atoms with Gasteiger partial charge in [0.1, 0.15) is 0 Å². The fourth-order valence-electron chi connectivity index (χ4n) is 1.86. The number of hydrogen-bond acceptors (Lipinski definition) is 3. The molecule has 20 heavy (non-hydrogen) atoms. The van der Waals surface area contributed by atoms with Gasteiger partial charge in [-0.2, -0.15) is 0 Å². The molecule has 1 atom stereocenters. The topological polar surface area (TPSA) is 46.2 Å². The monoisotopic (exact) mass is 307 g/mol. The van der Waals surface area contributed by atoms with Crippen molar-refractivity contribution in [2.24, 2.45) is 0 Å². The molecule has 0 saturated carbocycles. The molecule has 1 N–H and O–H groups in total. The first kappa shape index (κ1) is 15.1. The predicted octanol–water partition coefficient (Wildman–Crippen LogP) is 3.45. The van der Waals surface area contributed by atoms with Crippen LogP contribution in [0.15, 0.2) is 64.4 Å². The van der Waals surface area contributed by atoms with E-state index in [-0.39, 0.29) is 10.9 Å². The van der Waals surface area contributed by atoms with Crippen molar-refractivity contribution in [2.45, 2.75) is 22.8 Å². The predicted molar refractivity (Wildman–Crippen MR) is 83.4 cm³/mol. The van der Waals surface area contributed by atoms with E-state index in [4.69, 9.17) is 0 Å². The Morgan fingerprint density at radius 2 is 1.60 bits per heavy atom. The van der Waals surface area contributed by atoms with E-state index in [9.17, 15) is 8.42 Å². The fraction of sp³-hybridized carbons (Fsp3) is 0.200. The minimum absolute atomic E-state index is 0.267. The van der Waals surface area contributed by atoms with Gasteiger partial charge in [0.15, 0.2) is 0 Å². The molecule has 0 aliphatic rings. The molecular weight excluding hydrogens is 290 g/mol. The third-order valence-corrected chi connectivity index (χ3v) is 5.30. The maximum Gasteiger partial charge on any atom is 0.241 e. The van der Waals surface area contributed by atoms with Crippen molar-refractivity contribution in [3.63, 3.8) is 0 Å². The number of nitrogens with one attached hydrogen (secondary N) is 1. The zero-order chi connectivity index (χ0) is 14.6. The maximum atomic E-state index is 12.2. The lowest BCUT2D eigenvalue weighted by molar-refractivity contribution is 0.567. The molecule has 2 aromatic rings. The highest BCUT2D eigenvalue weighted by Crippen LogP contribution is 2.20. The number of benzene rings is 2. The summed E-state index contributed by atoms with van der Waals surface area (Å²) in [6.45, 7) is 1.84. The van der Waals surface area contributed by atoms with Gasteiger partial charge in [-0.05, 0) is 43.0 Å². The van der Waals surface area contributed by atoms with E-state index in [1.807, 2.05) is 37.4 Å². The molecule has 2 aromatic carbocycles. The van der Waals surface area contributed by atoms with E-state index in [0.717, 1.165) is 10.5 Å². The Hall–Kier alpha value is -1.30. The summed E-state index contributed by atoms with van der Waals surface area (Å²) in [5.74, 6) is 0. The Labute approximate surface area is 124 Å². The quantitative estimate of drug-likeness (QED) is 0.861. The maximum absolute atomic E-state index is 12.2. The van der Waals surface area contributed by atoms with Crippen LogP contribution in [0.4, 0.5) is 0 Å². The zero-order valence-electron chi connectivity index (χ0n) is 11.4. The molecule has 2 rings (SSSR count). The van der Waals surface area contributed by atoms with E-state index in [1.54, 1.807) is 42.1 Å². The van der Waals surface area contributed by atoms with Gasteiger partial charge in [0.05, 0.1) is 4.90 Å². The fourth-order valence-corrected chi connectivity index (χ4v) is 3.52. The molecule has 0 heterocycles. The number of rotatable bonds is 5. The normalized spacial score (nSPS) is 13.1. The minimum atomic E-state index is -3.48. The Morgan fingerprint density at radius 1 is 1.00 bits per heavy atom. The molecule has 106 valence electrons. The Morgan fingerprint density at radius 3 is 2.15 bits per heavy atom. The minimum Gasteiger partial charge on any atom is -0.207 e. The Kier molecular flexibility index (Phi) is 4.86. The summed E-state index contributed by atoms with van der Waals surface area (Å²) >= 11 is 1.66. The number of thioether (sulfide) groups is 1. The van der Waals surface area contributed by atoms with Gasteiger partial charge in [0.25, 0.3) is 0 Å². The molecule has 0 fully saturated rings. The van der Waals surface area contributed by atoms with Crippen LogP contribution >= 0.6 is 11.8 Å². The third kappa shape index (κ3) is 3.62. The average Bonchev–Trinajstić information content (AvgIpc) is 2.48. The molecule has 0 aliphatic carbocycles. The van der Waals surface area contributed by atoms with E-state index in [1.165, 1.54) is 0 Å². The molecule has 0 radical (unpaired) electrons. The van der Waals surface area contributed by atoms with E-state index >= 15 is 0 Å². The van der Waals surface area contributed by atoms with E-state index < -0.39 is 10.0 Å². The summed E-state index contributed by atoms with van der Waals surface area (Å²) in [4.78, 5) is 1.44. The lowest BCUT2D eigenvalue weighted by Crippen LogP contribution is -2.26. The van der Waals surface area contributed by atoms with Gasteiger partial charge >= 0.3 is 0 Å². The van der Waals surface area contributed by atoms with Gasteiger partial charge < -0.3 is 0 Å². The number of hydrogen-bond donors (Lipinski definition) is 1. The molecule has 5 heteroatoms. The summed E-state index contributed by atoms with van der Waals surface area (Å²) < 4.78 is 27.1. The van der Waals surface area contributed by atoms with Gasteiger partial charge in [0.2, 0.25) is 10.0 Å². The van der Waals surface area contributed by atoms with Crippen LogP contribution in [0.2, 0.25) is 0 Å². The van der Waals surface area contributed by atoms with Gasteiger partial charge in [-0.3, -0.25) is 0 Å². The first-order chi connectivity index (χ1) is 9.53. The van der Waals surface area contributed by atoms with Crippen LogP contribution in [-0.2, 0) is 10.0 Å². The SMILES string of the molecule is CSc1ccc([C@H](C)NS(=O)(=O)c2ccccc2)cc1. The largest absolute Gasteiger partial charge is 0.241 e. The van der Waals surface area contributed by atoms with Crippen LogP contribution in [0.3, 0.4) is 0 Å². The Bertz CT molecular complexity index is 652. The van der Waals surface area contributed by atoms with E-state index in [0.29, 0.717) is 0 Å². The second-order valence-electron chi connectivity index (χ2n) is 4.43. The summed E-state index contributed by atoms with van der Waals surface area (Å²) in [5.41, 5.74) is 0.947. The van der Waals surface area contributed by atoms with Gasteiger partial charge in [-0.25, -0.2) is 13.1 Å². The number of sulfonamides is 1. The van der Waals surface area contributed by atoms with Crippen molar-refractivity contribution in [1.29, 1.82) is 0 Å². The van der Waals surface area contributed by atoms with Crippen LogP contribution < -0.4 is 4.72 Å². The molecule has 0 bridgehead atoms. The highest BCUT2D eigenvalue weighted by atomic mass is 32.2. The lowest BCUT2D eigenvalue weighted by atomic mass is 10.1. The van der Waals surface area contributed by atoms with Crippen molar-refractivity contribution in [1.82, 2.24) is 4.72 Å². The third-order valence-electron chi connectivity index (χ3n) is 3.00. The van der Waals surface area contributed by atoms with Crippen LogP contribution in [0.5, 0.6) is 0 Å². The highest BCUT2D eigenvalue weighted by molar-refractivity contribution is 7.98. The molecule has 0 aliphatic heterocycles. The van der Waals surface area contributed by atoms with E-state index in [2.05, 4.69) is 4.72 Å². The highest BCUT2D eigenvalue weighted by Gasteiger charge is 2.17. The molecule has 3 nitrogen and oxygen atoms in total. The Balaban J connectivity index is 2.16. The zero-order valence-corrected chi connectivity index (χ0v) is 13.0. The van der Waals surface area contributed by atoms with Crippen molar-refractivity contribution in [3.8, 4) is 0 Å². The molecule has 0 unspecified atom stereocenters. The second-order valence-corrected chi connectivity index (χ2v) is 7.02. The van der Waals surface area contributed by atoms with Crippen molar-refractivity contribution >= 4 is 21.8 Å². The standard InChI is InChI=1S/C15H17NO2S2/c1-12(13-8-10-14(19-2)11-9-13)16-20(17,18)15-6-4-3-5-7-15/h3-12,16H,1-2H3/t12-/m0/s1. The smallest absolute Gasteiger partial charge is 0.207 e. The van der Waals surface area contributed by atoms with Crippen LogP contribution in [0.25, 0.3) is 0 Å². The summed E-state index contributed by atoms with van der Waals surface area (Å²) in [6, 6.07) is 16.0. The van der Waals surface area contributed by atoms with Gasteiger partial charge in [-0.1, -0.05) is 30.3 Å². The summed E-state index contributed by atoms with van der Waals surface area (Å²) in [6.07, 6.45) is 2.01. The van der Waals surface area contributed by atoms with Gasteiger partial charge in [-0.15, -0.1) is 11.8 Å². The van der Waals surface area contributed by atoms with Crippen LogP contribution in [0, 0.1) is 0 Å². The molecule has 0 amide bonds.